The summed E-state index contributed by atoms with van der Waals surface area (Å²) < 4.78 is 0. The monoisotopic (exact) mass is 369 g/mol. The molecular formula is C23H35N3O. The molecule has 148 valence electrons. The summed E-state index contributed by atoms with van der Waals surface area (Å²) in [6, 6.07) is 10.9. The smallest absolute Gasteiger partial charge is 0.240 e. The van der Waals surface area contributed by atoms with Crippen LogP contribution in [0.1, 0.15) is 44.6 Å². The summed E-state index contributed by atoms with van der Waals surface area (Å²) in [5, 5.41) is 0. The number of nitrogens with zero attached hydrogens (tertiary/aromatic N) is 3. The van der Waals surface area contributed by atoms with E-state index in [9.17, 15) is 4.79 Å². The van der Waals surface area contributed by atoms with Crippen LogP contribution in [-0.4, -0.2) is 65.9 Å². The van der Waals surface area contributed by atoms with Crippen molar-refractivity contribution in [3.63, 3.8) is 0 Å². The van der Waals surface area contributed by atoms with E-state index in [-0.39, 0.29) is 6.04 Å². The molecular weight excluding hydrogens is 334 g/mol. The summed E-state index contributed by atoms with van der Waals surface area (Å²) in [6.07, 6.45) is 6.24. The summed E-state index contributed by atoms with van der Waals surface area (Å²) in [5.74, 6) is 1.67. The van der Waals surface area contributed by atoms with E-state index < -0.39 is 0 Å². The maximum atomic E-state index is 13.4. The minimum atomic E-state index is 0.175. The molecule has 2 heterocycles. The Hall–Kier alpha value is -1.39. The van der Waals surface area contributed by atoms with Crippen LogP contribution in [-0.2, 0) is 11.3 Å². The molecule has 3 aliphatic rings. The summed E-state index contributed by atoms with van der Waals surface area (Å²) in [5.41, 5.74) is 1.39. The van der Waals surface area contributed by atoms with Crippen LogP contribution in [0.2, 0.25) is 0 Å². The van der Waals surface area contributed by atoms with E-state index >= 15 is 0 Å². The largest absolute Gasteiger partial charge is 0.341 e. The standard InChI is InChI=1S/C23H35N3O/c1-2-25(23(27)22(21-10-11-21)26-13-6-7-14-26)18-20-12-15-24(17-20)16-19-8-4-3-5-9-19/h3-5,8-9,20-22H,2,6-7,10-18H2,1H3/t20-,22+/m0/s1. The third-order valence-corrected chi connectivity index (χ3v) is 6.65. The van der Waals surface area contributed by atoms with Crippen molar-refractivity contribution in [3.05, 3.63) is 35.9 Å². The van der Waals surface area contributed by atoms with Crippen LogP contribution in [0.25, 0.3) is 0 Å². The van der Waals surface area contributed by atoms with Crippen molar-refractivity contribution in [2.75, 3.05) is 39.3 Å². The number of hydrogen-bond acceptors (Lipinski definition) is 3. The number of carbonyl (C=O) groups is 1. The number of rotatable bonds is 8. The van der Waals surface area contributed by atoms with Crippen LogP contribution in [0, 0.1) is 11.8 Å². The van der Waals surface area contributed by atoms with Gasteiger partial charge < -0.3 is 4.90 Å². The molecule has 3 fully saturated rings. The van der Waals surface area contributed by atoms with E-state index in [0.29, 0.717) is 17.7 Å². The molecule has 0 radical (unpaired) electrons. The maximum absolute atomic E-state index is 13.4. The number of carbonyl (C=O) groups excluding carboxylic acids is 1. The van der Waals surface area contributed by atoms with Crippen molar-refractivity contribution < 1.29 is 4.79 Å². The lowest BCUT2D eigenvalue weighted by Gasteiger charge is -2.33. The first-order chi connectivity index (χ1) is 13.2. The molecule has 27 heavy (non-hydrogen) atoms. The normalized spacial score (nSPS) is 25.0. The van der Waals surface area contributed by atoms with E-state index in [1.165, 1.54) is 37.7 Å². The van der Waals surface area contributed by atoms with Gasteiger partial charge in [-0.3, -0.25) is 14.6 Å². The molecule has 0 unspecified atom stereocenters. The molecule has 1 aliphatic carbocycles. The van der Waals surface area contributed by atoms with Crippen molar-refractivity contribution in [3.8, 4) is 0 Å². The zero-order valence-electron chi connectivity index (χ0n) is 16.9. The predicted octanol–water partition coefficient (Wildman–Crippen LogP) is 3.23. The van der Waals surface area contributed by atoms with E-state index in [2.05, 4.69) is 52.0 Å². The molecule has 4 heteroatoms. The lowest BCUT2D eigenvalue weighted by Crippen LogP contribution is -2.50. The van der Waals surface area contributed by atoms with Gasteiger partial charge in [0.15, 0.2) is 0 Å². The number of amides is 1. The van der Waals surface area contributed by atoms with Crippen molar-refractivity contribution in [1.82, 2.24) is 14.7 Å². The minimum absolute atomic E-state index is 0.175. The fourth-order valence-electron chi connectivity index (χ4n) is 5.01. The molecule has 4 nitrogen and oxygen atoms in total. The Morgan fingerprint density at radius 1 is 1.11 bits per heavy atom. The Morgan fingerprint density at radius 3 is 2.52 bits per heavy atom. The molecule has 1 amide bonds. The average molecular weight is 370 g/mol. The molecule has 0 aromatic heterocycles. The zero-order chi connectivity index (χ0) is 18.6. The summed E-state index contributed by atoms with van der Waals surface area (Å²) >= 11 is 0. The predicted molar refractivity (Wildman–Crippen MR) is 109 cm³/mol. The van der Waals surface area contributed by atoms with E-state index in [0.717, 1.165) is 45.8 Å². The number of benzene rings is 1. The second kappa shape index (κ2) is 8.74. The molecule has 2 aliphatic heterocycles. The van der Waals surface area contributed by atoms with Crippen LogP contribution < -0.4 is 0 Å². The molecule has 2 atom stereocenters. The lowest BCUT2D eigenvalue weighted by molar-refractivity contribution is -0.137. The second-order valence-corrected chi connectivity index (χ2v) is 8.78. The minimum Gasteiger partial charge on any atom is -0.341 e. The first-order valence-electron chi connectivity index (χ1n) is 11.0. The van der Waals surface area contributed by atoms with Crippen molar-refractivity contribution >= 4 is 5.91 Å². The SMILES string of the molecule is CCN(C[C@H]1CCN(Cc2ccccc2)C1)C(=O)[C@@H](C1CC1)N1CCCC1. The van der Waals surface area contributed by atoms with Crippen LogP contribution in [0.5, 0.6) is 0 Å². The van der Waals surface area contributed by atoms with Gasteiger partial charge in [0.2, 0.25) is 5.91 Å². The van der Waals surface area contributed by atoms with Crippen molar-refractivity contribution in [2.24, 2.45) is 11.8 Å². The van der Waals surface area contributed by atoms with Crippen LogP contribution in [0.3, 0.4) is 0 Å². The maximum Gasteiger partial charge on any atom is 0.240 e. The van der Waals surface area contributed by atoms with Gasteiger partial charge in [0.1, 0.15) is 0 Å². The Labute approximate surface area is 164 Å². The highest BCUT2D eigenvalue weighted by Gasteiger charge is 2.42. The van der Waals surface area contributed by atoms with Crippen molar-refractivity contribution in [2.45, 2.75) is 51.6 Å². The highest BCUT2D eigenvalue weighted by Crippen LogP contribution is 2.37. The summed E-state index contributed by atoms with van der Waals surface area (Å²) in [7, 11) is 0. The van der Waals surface area contributed by atoms with Gasteiger partial charge in [0, 0.05) is 26.2 Å². The molecule has 0 N–H and O–H groups in total. The van der Waals surface area contributed by atoms with Gasteiger partial charge in [-0.15, -0.1) is 0 Å². The molecule has 1 saturated carbocycles. The molecule has 2 saturated heterocycles. The van der Waals surface area contributed by atoms with Crippen LogP contribution >= 0.6 is 0 Å². The molecule has 4 rings (SSSR count). The van der Waals surface area contributed by atoms with E-state index in [1.54, 1.807) is 0 Å². The number of likely N-dealkylation sites (tertiary alicyclic amines) is 2. The Morgan fingerprint density at radius 2 is 1.85 bits per heavy atom. The quantitative estimate of drug-likeness (QED) is 0.704. The fourth-order valence-corrected chi connectivity index (χ4v) is 5.01. The average Bonchev–Trinajstić information content (AvgIpc) is 3.18. The van der Waals surface area contributed by atoms with Gasteiger partial charge in [-0.25, -0.2) is 0 Å². The number of hydrogen-bond donors (Lipinski definition) is 0. The highest BCUT2D eigenvalue weighted by molar-refractivity contribution is 5.82. The Bertz CT molecular complexity index is 609. The van der Waals surface area contributed by atoms with E-state index in [4.69, 9.17) is 0 Å². The van der Waals surface area contributed by atoms with Gasteiger partial charge in [0.25, 0.3) is 0 Å². The van der Waals surface area contributed by atoms with Gasteiger partial charge in [-0.05, 0) is 76.1 Å². The van der Waals surface area contributed by atoms with Crippen LogP contribution in [0.15, 0.2) is 30.3 Å². The first-order valence-corrected chi connectivity index (χ1v) is 11.0. The first kappa shape index (κ1) is 18.9. The molecule has 0 spiro atoms. The Balaban J connectivity index is 1.32. The highest BCUT2D eigenvalue weighted by atomic mass is 16.2. The third kappa shape index (κ3) is 4.72. The molecule has 1 aromatic carbocycles. The van der Waals surface area contributed by atoms with Crippen molar-refractivity contribution in [1.29, 1.82) is 0 Å². The van der Waals surface area contributed by atoms with Gasteiger partial charge in [0.05, 0.1) is 6.04 Å². The second-order valence-electron chi connectivity index (χ2n) is 8.78. The summed E-state index contributed by atoms with van der Waals surface area (Å²) in [6.45, 7) is 9.51. The third-order valence-electron chi connectivity index (χ3n) is 6.65. The van der Waals surface area contributed by atoms with Crippen LogP contribution in [0.4, 0.5) is 0 Å². The molecule has 0 bridgehead atoms. The van der Waals surface area contributed by atoms with Gasteiger partial charge >= 0.3 is 0 Å². The number of likely N-dealkylation sites (N-methyl/N-ethyl adjacent to an activating group) is 1. The molecule has 1 aromatic rings. The lowest BCUT2D eigenvalue weighted by atomic mass is 10.1. The van der Waals surface area contributed by atoms with E-state index in [1.807, 2.05) is 0 Å². The zero-order valence-corrected chi connectivity index (χ0v) is 16.9. The van der Waals surface area contributed by atoms with Gasteiger partial charge in [-0.1, -0.05) is 30.3 Å². The van der Waals surface area contributed by atoms with Gasteiger partial charge in [-0.2, -0.15) is 0 Å². The topological polar surface area (TPSA) is 26.8 Å². The fraction of sp³-hybridized carbons (Fsp3) is 0.696. The Kier molecular flexibility index (Phi) is 6.14. The summed E-state index contributed by atoms with van der Waals surface area (Å²) in [4.78, 5) is 20.6.